The topological polar surface area (TPSA) is 79.5 Å². The second-order valence-electron chi connectivity index (χ2n) is 5.30. The third-order valence-corrected chi connectivity index (χ3v) is 5.09. The van der Waals surface area contributed by atoms with Crippen LogP contribution in [0.5, 0.6) is 0 Å². The van der Waals surface area contributed by atoms with Crippen molar-refractivity contribution in [1.29, 1.82) is 0 Å². The molecule has 1 aliphatic heterocycles. The summed E-state index contributed by atoms with van der Waals surface area (Å²) in [5.41, 5.74) is 0. The summed E-state index contributed by atoms with van der Waals surface area (Å²) >= 11 is 0. The molecule has 108 valence electrons. The maximum atomic E-state index is 12.0. The van der Waals surface area contributed by atoms with E-state index >= 15 is 0 Å². The Balaban J connectivity index is 2.35. The molecular formula is C11H20N4O3S. The minimum atomic E-state index is -3.20. The van der Waals surface area contributed by atoms with Crippen molar-refractivity contribution in [3.8, 4) is 0 Å². The monoisotopic (exact) mass is 288 g/mol. The summed E-state index contributed by atoms with van der Waals surface area (Å²) in [4.78, 5) is 6.01. The Hall–Kier alpha value is -1.15. The Morgan fingerprint density at radius 1 is 1.37 bits per heavy atom. The highest BCUT2D eigenvalue weighted by Crippen LogP contribution is 2.33. The summed E-state index contributed by atoms with van der Waals surface area (Å²) in [6.45, 7) is 4.43. The van der Waals surface area contributed by atoms with Gasteiger partial charge in [0.2, 0.25) is 15.9 Å². The van der Waals surface area contributed by atoms with Gasteiger partial charge in [-0.2, -0.15) is 9.29 Å². The van der Waals surface area contributed by atoms with Gasteiger partial charge < -0.3 is 9.42 Å². The standard InChI is InChI=1S/C11H20N4O3S/c1-8(2)9(15-6-5-7-19(15,16)17)10-12-11(13-18-10)14(3)4/h8-9H,5-7H2,1-4H3/t9-/m1/s1. The van der Waals surface area contributed by atoms with Gasteiger partial charge in [-0.25, -0.2) is 8.42 Å². The molecule has 1 atom stereocenters. The second kappa shape index (κ2) is 5.09. The highest BCUT2D eigenvalue weighted by molar-refractivity contribution is 7.89. The van der Waals surface area contributed by atoms with Gasteiger partial charge in [0.15, 0.2) is 0 Å². The second-order valence-corrected chi connectivity index (χ2v) is 7.34. The zero-order chi connectivity index (χ0) is 14.2. The Kier molecular flexibility index (Phi) is 3.82. The van der Waals surface area contributed by atoms with Gasteiger partial charge in [-0.3, -0.25) is 0 Å². The Bertz CT molecular complexity index is 538. The number of anilines is 1. The first-order chi connectivity index (χ1) is 8.83. The average molecular weight is 288 g/mol. The van der Waals surface area contributed by atoms with Crippen molar-refractivity contribution in [2.75, 3.05) is 31.3 Å². The van der Waals surface area contributed by atoms with E-state index in [0.717, 1.165) is 0 Å². The molecule has 0 aliphatic carbocycles. The minimum Gasteiger partial charge on any atom is -0.344 e. The van der Waals surface area contributed by atoms with Crippen molar-refractivity contribution < 1.29 is 12.9 Å². The Morgan fingerprint density at radius 2 is 2.05 bits per heavy atom. The van der Waals surface area contributed by atoms with E-state index in [1.165, 1.54) is 4.31 Å². The third kappa shape index (κ3) is 2.74. The molecule has 8 heteroatoms. The lowest BCUT2D eigenvalue weighted by Gasteiger charge is -2.26. The van der Waals surface area contributed by atoms with Crippen LogP contribution in [0.4, 0.5) is 5.95 Å². The number of rotatable bonds is 4. The number of aromatic nitrogens is 2. The lowest BCUT2D eigenvalue weighted by Crippen LogP contribution is -2.33. The lowest BCUT2D eigenvalue weighted by molar-refractivity contribution is 0.214. The Labute approximate surface area is 113 Å². The van der Waals surface area contributed by atoms with E-state index in [2.05, 4.69) is 10.1 Å². The SMILES string of the molecule is CC(C)[C@H](c1nc(N(C)C)no1)N1CCCS1(=O)=O. The largest absolute Gasteiger partial charge is 0.344 e. The molecule has 1 fully saturated rings. The fraction of sp³-hybridized carbons (Fsp3) is 0.818. The van der Waals surface area contributed by atoms with Crippen LogP contribution < -0.4 is 4.90 Å². The fourth-order valence-electron chi connectivity index (χ4n) is 2.24. The van der Waals surface area contributed by atoms with E-state index in [1.807, 2.05) is 27.9 Å². The van der Waals surface area contributed by atoms with E-state index in [1.54, 1.807) is 4.90 Å². The van der Waals surface area contributed by atoms with Gasteiger partial charge in [0.05, 0.1) is 5.75 Å². The predicted molar refractivity (Wildman–Crippen MR) is 71.3 cm³/mol. The molecule has 1 aromatic heterocycles. The first kappa shape index (κ1) is 14.3. The van der Waals surface area contributed by atoms with E-state index < -0.39 is 10.0 Å². The first-order valence-corrected chi connectivity index (χ1v) is 7.94. The van der Waals surface area contributed by atoms with Crippen molar-refractivity contribution in [2.24, 2.45) is 5.92 Å². The van der Waals surface area contributed by atoms with Crippen LogP contribution in [-0.4, -0.2) is 49.3 Å². The number of hydrogen-bond donors (Lipinski definition) is 0. The van der Waals surface area contributed by atoms with Crippen molar-refractivity contribution in [1.82, 2.24) is 14.4 Å². The molecule has 0 amide bonds. The van der Waals surface area contributed by atoms with Crippen LogP contribution in [0.3, 0.4) is 0 Å². The van der Waals surface area contributed by atoms with Crippen LogP contribution in [0, 0.1) is 5.92 Å². The molecule has 19 heavy (non-hydrogen) atoms. The van der Waals surface area contributed by atoms with Crippen LogP contribution in [0.25, 0.3) is 0 Å². The van der Waals surface area contributed by atoms with Crippen molar-refractivity contribution in [2.45, 2.75) is 26.3 Å². The van der Waals surface area contributed by atoms with Crippen molar-refractivity contribution in [3.05, 3.63) is 5.89 Å². The van der Waals surface area contributed by atoms with Gasteiger partial charge in [-0.1, -0.05) is 13.8 Å². The first-order valence-electron chi connectivity index (χ1n) is 6.33. The maximum absolute atomic E-state index is 12.0. The van der Waals surface area contributed by atoms with E-state index in [0.29, 0.717) is 24.8 Å². The average Bonchev–Trinajstić information content (AvgIpc) is 2.87. The van der Waals surface area contributed by atoms with Crippen LogP contribution in [0.2, 0.25) is 0 Å². The van der Waals surface area contributed by atoms with Crippen molar-refractivity contribution in [3.63, 3.8) is 0 Å². The van der Waals surface area contributed by atoms with Gasteiger partial charge >= 0.3 is 0 Å². The number of sulfonamides is 1. The fourth-order valence-corrected chi connectivity index (χ4v) is 4.06. The zero-order valence-corrected chi connectivity index (χ0v) is 12.5. The summed E-state index contributed by atoms with van der Waals surface area (Å²) in [7, 11) is 0.424. The Morgan fingerprint density at radius 3 is 2.47 bits per heavy atom. The molecule has 0 spiro atoms. The van der Waals surface area contributed by atoms with Crippen LogP contribution in [0.1, 0.15) is 32.2 Å². The molecule has 0 bridgehead atoms. The molecule has 0 radical (unpaired) electrons. The maximum Gasteiger partial charge on any atom is 0.265 e. The summed E-state index contributed by atoms with van der Waals surface area (Å²) < 4.78 is 30.8. The zero-order valence-electron chi connectivity index (χ0n) is 11.7. The normalized spacial score (nSPS) is 20.9. The van der Waals surface area contributed by atoms with Crippen LogP contribution >= 0.6 is 0 Å². The summed E-state index contributed by atoms with van der Waals surface area (Å²) in [5, 5.41) is 3.86. The van der Waals surface area contributed by atoms with Gasteiger partial charge in [-0.15, -0.1) is 0 Å². The van der Waals surface area contributed by atoms with Crippen molar-refractivity contribution >= 4 is 16.0 Å². The van der Waals surface area contributed by atoms with Crippen LogP contribution in [0.15, 0.2) is 4.52 Å². The predicted octanol–water partition coefficient (Wildman–Crippen LogP) is 0.868. The highest BCUT2D eigenvalue weighted by Gasteiger charge is 2.39. The van der Waals surface area contributed by atoms with Gasteiger partial charge in [0.25, 0.3) is 5.95 Å². The van der Waals surface area contributed by atoms with E-state index in [4.69, 9.17) is 4.52 Å². The molecule has 0 aromatic carbocycles. The smallest absolute Gasteiger partial charge is 0.265 e. The summed E-state index contributed by atoms with van der Waals surface area (Å²) in [5.74, 6) is 1.09. The summed E-state index contributed by atoms with van der Waals surface area (Å²) in [6, 6.07) is -0.381. The summed E-state index contributed by atoms with van der Waals surface area (Å²) in [6.07, 6.45) is 0.653. The number of nitrogens with zero attached hydrogens (tertiary/aromatic N) is 4. The molecule has 0 N–H and O–H groups in total. The molecule has 1 aliphatic rings. The molecule has 0 saturated carbocycles. The van der Waals surface area contributed by atoms with Gasteiger partial charge in [0, 0.05) is 20.6 Å². The molecule has 1 aromatic rings. The van der Waals surface area contributed by atoms with Gasteiger partial charge in [-0.05, 0) is 17.5 Å². The molecule has 0 unspecified atom stereocenters. The molecule has 2 heterocycles. The van der Waals surface area contributed by atoms with Gasteiger partial charge in [0.1, 0.15) is 6.04 Å². The third-order valence-electron chi connectivity index (χ3n) is 3.16. The molecule has 7 nitrogen and oxygen atoms in total. The molecular weight excluding hydrogens is 268 g/mol. The van der Waals surface area contributed by atoms with E-state index in [9.17, 15) is 8.42 Å². The number of hydrogen-bond acceptors (Lipinski definition) is 6. The minimum absolute atomic E-state index is 0.0725. The van der Waals surface area contributed by atoms with E-state index in [-0.39, 0.29) is 17.7 Å². The lowest BCUT2D eigenvalue weighted by atomic mass is 10.0. The molecule has 1 saturated heterocycles. The van der Waals surface area contributed by atoms with Crippen LogP contribution in [-0.2, 0) is 10.0 Å². The quantitative estimate of drug-likeness (QED) is 0.818. The highest BCUT2D eigenvalue weighted by atomic mass is 32.2. The molecule has 2 rings (SSSR count).